The fourth-order valence-corrected chi connectivity index (χ4v) is 2.08. The molecule has 0 aliphatic carbocycles. The summed E-state index contributed by atoms with van der Waals surface area (Å²) < 4.78 is 19.3. The number of aliphatic hydroxyl groups is 1. The van der Waals surface area contributed by atoms with Gasteiger partial charge in [-0.2, -0.15) is 0 Å². The molecule has 1 saturated heterocycles. The number of anilines is 1. The molecule has 2 N–H and O–H groups in total. The van der Waals surface area contributed by atoms with Crippen molar-refractivity contribution in [1.29, 1.82) is 0 Å². The molecular formula is C14H21FN2O2. The van der Waals surface area contributed by atoms with Crippen LogP contribution in [0.25, 0.3) is 0 Å². The molecule has 1 heterocycles. The highest BCUT2D eigenvalue weighted by molar-refractivity contribution is 5.49. The summed E-state index contributed by atoms with van der Waals surface area (Å²) in [6, 6.07) is 5.32. The molecule has 106 valence electrons. The highest BCUT2D eigenvalue weighted by Crippen LogP contribution is 2.21. The lowest BCUT2D eigenvalue weighted by molar-refractivity contribution is 0.122. The Balaban J connectivity index is 2.00. The topological polar surface area (TPSA) is 44.7 Å². The normalized spacial score (nSPS) is 17.5. The van der Waals surface area contributed by atoms with Crippen molar-refractivity contribution < 1.29 is 14.2 Å². The van der Waals surface area contributed by atoms with E-state index in [0.29, 0.717) is 25.4 Å². The summed E-state index contributed by atoms with van der Waals surface area (Å²) in [7, 11) is 0. The molecule has 5 heteroatoms. The van der Waals surface area contributed by atoms with Crippen molar-refractivity contribution in [2.75, 3.05) is 37.8 Å². The van der Waals surface area contributed by atoms with E-state index in [2.05, 4.69) is 5.32 Å². The van der Waals surface area contributed by atoms with E-state index in [4.69, 9.17) is 9.84 Å². The van der Waals surface area contributed by atoms with Gasteiger partial charge >= 0.3 is 0 Å². The minimum Gasteiger partial charge on any atom is -0.395 e. The van der Waals surface area contributed by atoms with E-state index >= 15 is 0 Å². The van der Waals surface area contributed by atoms with E-state index < -0.39 is 0 Å². The molecule has 2 rings (SSSR count). The van der Waals surface area contributed by atoms with E-state index in [0.717, 1.165) is 18.7 Å². The van der Waals surface area contributed by atoms with Gasteiger partial charge in [-0.1, -0.05) is 6.07 Å². The third kappa shape index (κ3) is 3.89. The average Bonchev–Trinajstić information content (AvgIpc) is 2.45. The number of benzene rings is 1. The molecule has 0 unspecified atom stereocenters. The number of morpholine rings is 1. The number of aliphatic hydroxyl groups excluding tert-OH is 1. The Morgan fingerprint density at radius 2 is 2.16 bits per heavy atom. The lowest BCUT2D eigenvalue weighted by Crippen LogP contribution is -2.36. The van der Waals surface area contributed by atoms with Gasteiger partial charge in [0.05, 0.1) is 25.5 Å². The number of rotatable bonds is 5. The van der Waals surface area contributed by atoms with Crippen LogP contribution in [0.15, 0.2) is 18.2 Å². The third-order valence-corrected chi connectivity index (χ3v) is 3.29. The summed E-state index contributed by atoms with van der Waals surface area (Å²) in [4.78, 5) is 2.01. The van der Waals surface area contributed by atoms with Gasteiger partial charge in [-0.3, -0.25) is 0 Å². The quantitative estimate of drug-likeness (QED) is 0.840. The Bertz CT molecular complexity index is 408. The Labute approximate surface area is 113 Å². The molecule has 1 fully saturated rings. The van der Waals surface area contributed by atoms with Crippen LogP contribution >= 0.6 is 0 Å². The predicted octanol–water partition coefficient (Wildman–Crippen LogP) is 1.13. The first-order valence-corrected chi connectivity index (χ1v) is 6.66. The van der Waals surface area contributed by atoms with Gasteiger partial charge in [-0.25, -0.2) is 4.39 Å². The van der Waals surface area contributed by atoms with Crippen LogP contribution in [-0.4, -0.2) is 44.1 Å². The zero-order chi connectivity index (χ0) is 13.7. The van der Waals surface area contributed by atoms with Crippen molar-refractivity contribution >= 4 is 5.69 Å². The summed E-state index contributed by atoms with van der Waals surface area (Å²) in [6.45, 7) is 5.29. The van der Waals surface area contributed by atoms with Gasteiger partial charge in [0.1, 0.15) is 5.82 Å². The minimum atomic E-state index is -0.196. The van der Waals surface area contributed by atoms with Crippen LogP contribution in [0.1, 0.15) is 12.5 Å². The third-order valence-electron chi connectivity index (χ3n) is 3.29. The van der Waals surface area contributed by atoms with E-state index in [9.17, 15) is 4.39 Å². The van der Waals surface area contributed by atoms with E-state index in [1.54, 1.807) is 6.07 Å². The van der Waals surface area contributed by atoms with Crippen LogP contribution in [-0.2, 0) is 11.3 Å². The molecule has 1 aromatic rings. The highest BCUT2D eigenvalue weighted by Gasteiger charge is 2.15. The van der Waals surface area contributed by atoms with Gasteiger partial charge in [0.15, 0.2) is 0 Å². The number of nitrogens with one attached hydrogen (secondary N) is 1. The van der Waals surface area contributed by atoms with Crippen molar-refractivity contribution in [2.45, 2.75) is 19.5 Å². The summed E-state index contributed by atoms with van der Waals surface area (Å²) in [6.07, 6.45) is 0. The molecule has 0 aromatic heterocycles. The van der Waals surface area contributed by atoms with Gasteiger partial charge in [-0.05, 0) is 24.6 Å². The van der Waals surface area contributed by atoms with Gasteiger partial charge in [0.2, 0.25) is 0 Å². The zero-order valence-electron chi connectivity index (χ0n) is 11.2. The van der Waals surface area contributed by atoms with Crippen LogP contribution in [0.2, 0.25) is 0 Å². The SMILES string of the molecule is C[C@H](CO)NCc1ccc(N2CCOCC2)c(F)c1. The maximum atomic E-state index is 14.1. The highest BCUT2D eigenvalue weighted by atomic mass is 19.1. The summed E-state index contributed by atoms with van der Waals surface area (Å²) in [5.74, 6) is -0.196. The molecule has 0 bridgehead atoms. The van der Waals surface area contributed by atoms with Crippen molar-refractivity contribution in [1.82, 2.24) is 5.32 Å². The minimum absolute atomic E-state index is 0.0157. The van der Waals surface area contributed by atoms with Crippen LogP contribution in [0.4, 0.5) is 10.1 Å². The molecule has 0 spiro atoms. The second kappa shape index (κ2) is 6.84. The Morgan fingerprint density at radius 1 is 1.42 bits per heavy atom. The maximum Gasteiger partial charge on any atom is 0.146 e. The summed E-state index contributed by atoms with van der Waals surface area (Å²) in [5.41, 5.74) is 1.53. The van der Waals surface area contributed by atoms with Crippen LogP contribution in [0.5, 0.6) is 0 Å². The van der Waals surface area contributed by atoms with Crippen molar-refractivity contribution in [3.63, 3.8) is 0 Å². The Hall–Kier alpha value is -1.17. The van der Waals surface area contributed by atoms with Gasteiger partial charge in [-0.15, -0.1) is 0 Å². The number of nitrogens with zero attached hydrogens (tertiary/aromatic N) is 1. The average molecular weight is 268 g/mol. The van der Waals surface area contributed by atoms with Gasteiger partial charge in [0.25, 0.3) is 0 Å². The molecular weight excluding hydrogens is 247 g/mol. The molecule has 1 aliphatic rings. The van der Waals surface area contributed by atoms with E-state index in [-0.39, 0.29) is 18.5 Å². The van der Waals surface area contributed by atoms with Crippen LogP contribution < -0.4 is 10.2 Å². The number of hydrogen-bond donors (Lipinski definition) is 2. The Morgan fingerprint density at radius 3 is 2.79 bits per heavy atom. The second-order valence-corrected chi connectivity index (χ2v) is 4.85. The molecule has 0 saturated carbocycles. The first-order chi connectivity index (χ1) is 9.20. The standard InChI is InChI=1S/C14H21FN2O2/c1-11(10-18)16-9-12-2-3-14(13(15)8-12)17-4-6-19-7-5-17/h2-3,8,11,16,18H,4-7,9-10H2,1H3/t11-/m1/s1. The maximum absolute atomic E-state index is 14.1. The molecule has 0 radical (unpaired) electrons. The second-order valence-electron chi connectivity index (χ2n) is 4.85. The fourth-order valence-electron chi connectivity index (χ4n) is 2.08. The number of hydrogen-bond acceptors (Lipinski definition) is 4. The number of halogens is 1. The molecule has 19 heavy (non-hydrogen) atoms. The van der Waals surface area contributed by atoms with Crippen molar-refractivity contribution in [3.8, 4) is 0 Å². The largest absolute Gasteiger partial charge is 0.395 e. The van der Waals surface area contributed by atoms with Crippen LogP contribution in [0, 0.1) is 5.82 Å². The first-order valence-electron chi connectivity index (χ1n) is 6.66. The molecule has 0 amide bonds. The smallest absolute Gasteiger partial charge is 0.146 e. The zero-order valence-corrected chi connectivity index (χ0v) is 11.2. The summed E-state index contributed by atoms with van der Waals surface area (Å²) in [5, 5.41) is 12.1. The predicted molar refractivity (Wildman–Crippen MR) is 72.8 cm³/mol. The molecule has 4 nitrogen and oxygen atoms in total. The number of ether oxygens (including phenoxy) is 1. The van der Waals surface area contributed by atoms with Crippen molar-refractivity contribution in [2.24, 2.45) is 0 Å². The van der Waals surface area contributed by atoms with Crippen LogP contribution in [0.3, 0.4) is 0 Å². The van der Waals surface area contributed by atoms with E-state index in [1.165, 1.54) is 0 Å². The Kier molecular flexibility index (Phi) is 5.13. The molecule has 1 aromatic carbocycles. The summed E-state index contributed by atoms with van der Waals surface area (Å²) >= 11 is 0. The monoisotopic (exact) mass is 268 g/mol. The lowest BCUT2D eigenvalue weighted by Gasteiger charge is -2.29. The van der Waals surface area contributed by atoms with E-state index in [1.807, 2.05) is 24.0 Å². The molecule has 1 atom stereocenters. The van der Waals surface area contributed by atoms with Gasteiger partial charge in [0, 0.05) is 25.7 Å². The van der Waals surface area contributed by atoms with Gasteiger partial charge < -0.3 is 20.1 Å². The lowest BCUT2D eigenvalue weighted by atomic mass is 10.1. The van der Waals surface area contributed by atoms with Crippen molar-refractivity contribution in [3.05, 3.63) is 29.6 Å². The molecule has 1 aliphatic heterocycles. The first kappa shape index (κ1) is 14.2. The fraction of sp³-hybridized carbons (Fsp3) is 0.571.